The molecule has 110 valence electrons. The molecule has 5 N–H and O–H groups in total. The molecule has 0 aliphatic carbocycles. The molecule has 1 aliphatic heterocycles. The van der Waals surface area contributed by atoms with E-state index >= 15 is 0 Å². The van der Waals surface area contributed by atoms with E-state index in [2.05, 4.69) is 23.7 Å². The zero-order chi connectivity index (χ0) is 14.6. The Kier molecular flexibility index (Phi) is 5.79. The molecule has 0 radical (unpaired) electrons. The number of carbonyl (C=O) groups excluding carboxylic acids is 1. The van der Waals surface area contributed by atoms with Gasteiger partial charge in [-0.1, -0.05) is 13.8 Å². The Morgan fingerprint density at radius 1 is 1.32 bits per heavy atom. The van der Waals surface area contributed by atoms with Crippen molar-refractivity contribution in [3.8, 4) is 0 Å². The molecule has 1 heterocycles. The van der Waals surface area contributed by atoms with Crippen LogP contribution in [0.3, 0.4) is 0 Å². The summed E-state index contributed by atoms with van der Waals surface area (Å²) in [5, 5.41) is 0. The molecule has 2 atom stereocenters. The standard InChI is InChI=1S/C14H28N4O/c1-9(2)13(19)12-11(5-7-17-14(15)16)6-8-18(12)10(3)4/h9-12H,5-8H2,1-4H3,(H4,15,16,17)/p+1/t11?,12-/m0/s1. The van der Waals surface area contributed by atoms with Gasteiger partial charge >= 0.3 is 5.96 Å². The summed E-state index contributed by atoms with van der Waals surface area (Å²) >= 11 is 0. The normalized spacial score (nSPS) is 24.1. The molecule has 0 saturated carbocycles. The average molecular weight is 269 g/mol. The molecule has 1 rings (SSSR count). The number of nitrogens with two attached hydrogens (primary N) is 2. The van der Waals surface area contributed by atoms with Crippen LogP contribution in [-0.4, -0.2) is 41.8 Å². The van der Waals surface area contributed by atoms with Crippen molar-refractivity contribution in [3.05, 3.63) is 0 Å². The van der Waals surface area contributed by atoms with Gasteiger partial charge in [-0.15, -0.1) is 0 Å². The quantitative estimate of drug-likeness (QED) is 0.429. The lowest BCUT2D eigenvalue weighted by atomic mass is 9.88. The predicted molar refractivity (Wildman–Crippen MR) is 77.4 cm³/mol. The molecule has 0 amide bonds. The summed E-state index contributed by atoms with van der Waals surface area (Å²) in [7, 11) is 0. The second-order valence-electron chi connectivity index (χ2n) is 6.05. The summed E-state index contributed by atoms with van der Waals surface area (Å²) in [5.74, 6) is 1.11. The van der Waals surface area contributed by atoms with Gasteiger partial charge in [-0.25, -0.2) is 0 Å². The lowest BCUT2D eigenvalue weighted by Crippen LogP contribution is -2.78. The molecule has 0 aromatic heterocycles. The van der Waals surface area contributed by atoms with Gasteiger partial charge in [0.05, 0.1) is 12.6 Å². The number of ketones is 1. The molecule has 1 aliphatic rings. The minimum absolute atomic E-state index is 0.0563. The fraction of sp³-hybridized carbons (Fsp3) is 0.857. The van der Waals surface area contributed by atoms with Crippen LogP contribution in [0.4, 0.5) is 0 Å². The van der Waals surface area contributed by atoms with E-state index < -0.39 is 0 Å². The summed E-state index contributed by atoms with van der Waals surface area (Å²) in [6.07, 6.45) is 2.01. The van der Waals surface area contributed by atoms with Crippen LogP contribution in [0.15, 0.2) is 0 Å². The second-order valence-corrected chi connectivity index (χ2v) is 6.05. The van der Waals surface area contributed by atoms with Gasteiger partial charge < -0.3 is 0 Å². The van der Waals surface area contributed by atoms with Gasteiger partial charge in [-0.2, -0.15) is 0 Å². The third-order valence-electron chi connectivity index (χ3n) is 3.93. The van der Waals surface area contributed by atoms with Crippen molar-refractivity contribution in [2.75, 3.05) is 13.1 Å². The van der Waals surface area contributed by atoms with Crippen LogP contribution in [0, 0.1) is 11.8 Å². The van der Waals surface area contributed by atoms with Gasteiger partial charge in [0.15, 0.2) is 5.78 Å². The van der Waals surface area contributed by atoms with E-state index in [1.54, 1.807) is 0 Å². The van der Waals surface area contributed by atoms with Gasteiger partial charge in [0.1, 0.15) is 0 Å². The highest BCUT2D eigenvalue weighted by Crippen LogP contribution is 2.30. The molecule has 5 heteroatoms. The molecule has 19 heavy (non-hydrogen) atoms. The first kappa shape index (κ1) is 16.0. The summed E-state index contributed by atoms with van der Waals surface area (Å²) in [6, 6.07) is 0.470. The SMILES string of the molecule is CC(C)C(=O)[C@@H]1C(CC[NH+]=C(N)N)CCN1C(C)C. The fourth-order valence-corrected chi connectivity index (χ4v) is 2.90. The second kappa shape index (κ2) is 6.89. The molecular formula is C14H29N4O+. The van der Waals surface area contributed by atoms with Crippen LogP contribution < -0.4 is 16.5 Å². The average Bonchev–Trinajstić information content (AvgIpc) is 2.71. The van der Waals surface area contributed by atoms with Gasteiger partial charge in [0.25, 0.3) is 0 Å². The maximum Gasteiger partial charge on any atom is 0.338 e. The molecule has 0 bridgehead atoms. The predicted octanol–water partition coefficient (Wildman–Crippen LogP) is -0.945. The summed E-state index contributed by atoms with van der Waals surface area (Å²) in [6.45, 7) is 10.0. The van der Waals surface area contributed by atoms with Crippen LogP contribution in [0.2, 0.25) is 0 Å². The van der Waals surface area contributed by atoms with E-state index in [4.69, 9.17) is 11.5 Å². The van der Waals surface area contributed by atoms with E-state index in [9.17, 15) is 4.79 Å². The van der Waals surface area contributed by atoms with Gasteiger partial charge in [-0.05, 0) is 39.2 Å². The van der Waals surface area contributed by atoms with E-state index in [1.807, 2.05) is 13.8 Å². The summed E-state index contributed by atoms with van der Waals surface area (Å²) < 4.78 is 0. The zero-order valence-electron chi connectivity index (χ0n) is 12.6. The van der Waals surface area contributed by atoms with Gasteiger partial charge in [-0.3, -0.25) is 26.2 Å². The lowest BCUT2D eigenvalue weighted by Gasteiger charge is -2.31. The van der Waals surface area contributed by atoms with Crippen LogP contribution in [0.1, 0.15) is 40.5 Å². The summed E-state index contributed by atoms with van der Waals surface area (Å²) in [5.41, 5.74) is 10.8. The third kappa shape index (κ3) is 4.20. The van der Waals surface area contributed by atoms with Crippen molar-refractivity contribution >= 4 is 11.7 Å². The van der Waals surface area contributed by atoms with Crippen molar-refractivity contribution < 1.29 is 9.79 Å². The largest absolute Gasteiger partial charge is 0.338 e. The third-order valence-corrected chi connectivity index (χ3v) is 3.93. The first-order valence-electron chi connectivity index (χ1n) is 7.25. The maximum atomic E-state index is 12.5. The molecule has 5 nitrogen and oxygen atoms in total. The van der Waals surface area contributed by atoms with E-state index in [0.29, 0.717) is 17.7 Å². The topological polar surface area (TPSA) is 86.3 Å². The molecule has 1 saturated heterocycles. The van der Waals surface area contributed by atoms with Crippen molar-refractivity contribution in [2.24, 2.45) is 23.3 Å². The highest BCUT2D eigenvalue weighted by molar-refractivity contribution is 5.86. The van der Waals surface area contributed by atoms with E-state index in [-0.39, 0.29) is 17.9 Å². The monoisotopic (exact) mass is 269 g/mol. The Labute approximate surface area is 116 Å². The van der Waals surface area contributed by atoms with Gasteiger partial charge in [0.2, 0.25) is 0 Å². The molecular weight excluding hydrogens is 240 g/mol. The van der Waals surface area contributed by atoms with Crippen molar-refractivity contribution in [2.45, 2.75) is 52.6 Å². The van der Waals surface area contributed by atoms with E-state index in [0.717, 1.165) is 25.9 Å². The fourth-order valence-electron chi connectivity index (χ4n) is 2.90. The number of nitrogens with one attached hydrogen (secondary N) is 1. The number of hydrogen-bond donors (Lipinski definition) is 3. The number of guanidine groups is 1. The van der Waals surface area contributed by atoms with Crippen molar-refractivity contribution in [1.82, 2.24) is 4.90 Å². The zero-order valence-corrected chi connectivity index (χ0v) is 12.6. The van der Waals surface area contributed by atoms with Crippen LogP contribution >= 0.6 is 0 Å². The molecule has 0 spiro atoms. The highest BCUT2D eigenvalue weighted by atomic mass is 16.1. The Morgan fingerprint density at radius 2 is 1.95 bits per heavy atom. The number of Topliss-reactive ketones (excluding diaryl/α,β-unsaturated/α-hetero) is 1. The smallest absolute Gasteiger partial charge is 0.298 e. The van der Waals surface area contributed by atoms with Crippen LogP contribution in [0.25, 0.3) is 0 Å². The first-order chi connectivity index (χ1) is 8.84. The molecule has 0 aromatic carbocycles. The Hall–Kier alpha value is -1.10. The lowest BCUT2D eigenvalue weighted by molar-refractivity contribution is -0.461. The number of hydrogen-bond acceptors (Lipinski definition) is 2. The minimum Gasteiger partial charge on any atom is -0.298 e. The van der Waals surface area contributed by atoms with Crippen LogP contribution in [0.5, 0.6) is 0 Å². The number of nitrogens with zero attached hydrogens (tertiary/aromatic N) is 1. The molecule has 1 unspecified atom stereocenters. The molecule has 0 aromatic rings. The minimum atomic E-state index is 0.0563. The number of likely N-dealkylation sites (tertiary alicyclic amines) is 1. The highest BCUT2D eigenvalue weighted by Gasteiger charge is 2.40. The maximum absolute atomic E-state index is 12.5. The number of carbonyl (C=O) groups is 1. The number of rotatable bonds is 6. The first-order valence-corrected chi connectivity index (χ1v) is 7.25. The van der Waals surface area contributed by atoms with Crippen molar-refractivity contribution in [1.29, 1.82) is 0 Å². The van der Waals surface area contributed by atoms with Gasteiger partial charge in [0, 0.05) is 12.0 Å². The Morgan fingerprint density at radius 3 is 2.42 bits per heavy atom. The van der Waals surface area contributed by atoms with E-state index in [1.165, 1.54) is 0 Å². The van der Waals surface area contributed by atoms with Crippen LogP contribution in [-0.2, 0) is 4.79 Å². The Balaban J connectivity index is 2.74. The molecule has 1 fully saturated rings. The van der Waals surface area contributed by atoms with Crippen molar-refractivity contribution in [3.63, 3.8) is 0 Å². The summed E-state index contributed by atoms with van der Waals surface area (Å²) in [4.78, 5) is 17.7. The Bertz CT molecular complexity index is 334.